The molecule has 12 nitrogen and oxygen atoms in total. The van der Waals surface area contributed by atoms with Gasteiger partial charge in [-0.05, 0) is 51.3 Å². The van der Waals surface area contributed by atoms with Gasteiger partial charge in [0, 0.05) is 22.9 Å². The average Bonchev–Trinajstić information content (AvgIpc) is 3.18. The number of aliphatic hydroxyl groups is 1. The van der Waals surface area contributed by atoms with E-state index >= 15 is 0 Å². The molecule has 4 amide bonds. The second-order valence-electron chi connectivity index (χ2n) is 10.6. The highest BCUT2D eigenvalue weighted by Gasteiger charge is 2.39. The summed E-state index contributed by atoms with van der Waals surface area (Å²) in [6, 6.07) is 4.57. The fourth-order valence-electron chi connectivity index (χ4n) is 3.74. The Balaban J connectivity index is 2.14. The van der Waals surface area contributed by atoms with Crippen molar-refractivity contribution in [2.75, 3.05) is 13.2 Å². The lowest BCUT2D eigenvalue weighted by Crippen LogP contribution is -2.62. The van der Waals surface area contributed by atoms with Crippen LogP contribution in [0.15, 0.2) is 24.3 Å². The normalized spacial score (nSPS) is 17.9. The van der Waals surface area contributed by atoms with E-state index in [-0.39, 0.29) is 18.9 Å². The molecule has 0 radical (unpaired) electrons. The number of urea groups is 1. The van der Waals surface area contributed by atoms with Gasteiger partial charge < -0.3 is 20.5 Å². The first-order chi connectivity index (χ1) is 16.9. The molecule has 1 unspecified atom stereocenters. The molecule has 1 saturated heterocycles. The number of hydrogen-bond acceptors (Lipinski definition) is 7. The molecule has 1 heterocycles. The van der Waals surface area contributed by atoms with Crippen LogP contribution in [0.25, 0.3) is 0 Å². The lowest BCUT2D eigenvalue weighted by atomic mass is 9.86. The Bertz CT molecular complexity index is 1110. The lowest BCUT2D eigenvalue weighted by molar-refractivity contribution is -0.122. The number of ether oxygens (including phenoxy) is 1. The molecule has 0 aliphatic carbocycles. The van der Waals surface area contributed by atoms with Crippen molar-refractivity contribution in [2.24, 2.45) is 5.92 Å². The summed E-state index contributed by atoms with van der Waals surface area (Å²) in [5.41, 5.74) is -0.854. The summed E-state index contributed by atoms with van der Waals surface area (Å²) >= 11 is 6.06. The number of hydrazine groups is 1. The van der Waals surface area contributed by atoms with Crippen LogP contribution in [0, 0.1) is 5.92 Å². The van der Waals surface area contributed by atoms with Crippen molar-refractivity contribution in [1.82, 2.24) is 21.1 Å². The van der Waals surface area contributed by atoms with Gasteiger partial charge in [-0.2, -0.15) is 8.42 Å². The van der Waals surface area contributed by atoms with Crippen molar-refractivity contribution in [3.05, 3.63) is 34.9 Å². The molecule has 1 fully saturated rings. The van der Waals surface area contributed by atoms with Gasteiger partial charge in [-0.15, -0.1) is 0 Å². The highest BCUT2D eigenvalue weighted by molar-refractivity contribution is 7.86. The highest BCUT2D eigenvalue weighted by atomic mass is 35.5. The number of nitrogens with zero attached hydrogens (tertiary/aromatic N) is 1. The third kappa shape index (κ3) is 8.73. The minimum Gasteiger partial charge on any atom is -0.447 e. The van der Waals surface area contributed by atoms with Gasteiger partial charge in [0.2, 0.25) is 11.3 Å². The second-order valence-corrected chi connectivity index (χ2v) is 12.5. The van der Waals surface area contributed by atoms with Crippen molar-refractivity contribution < 1.29 is 37.2 Å². The Hall–Kier alpha value is -2.61. The molecule has 1 aromatic rings. The maximum absolute atomic E-state index is 13.1. The fraction of sp³-hybridized carbons (Fsp3) is 0.609. The zero-order chi connectivity index (χ0) is 28.2. The molecular formula is C23H35ClN4O8S. The van der Waals surface area contributed by atoms with Crippen molar-refractivity contribution >= 4 is 39.8 Å². The summed E-state index contributed by atoms with van der Waals surface area (Å²) in [7, 11) is -4.98. The van der Waals surface area contributed by atoms with E-state index in [9.17, 15) is 32.5 Å². The predicted octanol–water partition coefficient (Wildman–Crippen LogP) is 2.17. The predicted molar refractivity (Wildman–Crippen MR) is 136 cm³/mol. The van der Waals surface area contributed by atoms with Gasteiger partial charge in [-0.25, -0.2) is 20.0 Å². The zero-order valence-electron chi connectivity index (χ0n) is 21.4. The molecule has 0 bridgehead atoms. The first-order valence-corrected chi connectivity index (χ1v) is 13.5. The van der Waals surface area contributed by atoms with Crippen LogP contribution in [0.3, 0.4) is 0 Å². The number of nitrogens with one attached hydrogen (secondary N) is 3. The largest absolute Gasteiger partial charge is 0.447 e. The van der Waals surface area contributed by atoms with Crippen molar-refractivity contribution in [2.45, 2.75) is 69.9 Å². The quantitative estimate of drug-likeness (QED) is 0.236. The topological polar surface area (TPSA) is 174 Å². The van der Waals surface area contributed by atoms with E-state index < -0.39 is 50.6 Å². The summed E-state index contributed by atoms with van der Waals surface area (Å²) in [5.74, 6) is -1.05. The Morgan fingerprint density at radius 1 is 1.27 bits per heavy atom. The van der Waals surface area contributed by atoms with E-state index in [2.05, 4.69) is 16.1 Å². The number of aliphatic hydroxyl groups excluding tert-OH is 1. The number of carbonyl (C=O) groups excluding carboxylic acids is 3. The van der Waals surface area contributed by atoms with E-state index in [0.717, 1.165) is 10.6 Å². The molecule has 0 saturated carbocycles. The van der Waals surface area contributed by atoms with Crippen LogP contribution in [-0.2, 0) is 25.1 Å². The Morgan fingerprint density at radius 2 is 1.92 bits per heavy atom. The fourth-order valence-corrected chi connectivity index (χ4v) is 4.52. The van der Waals surface area contributed by atoms with Gasteiger partial charge in [0.15, 0.2) is 0 Å². The van der Waals surface area contributed by atoms with Crippen LogP contribution in [0.5, 0.6) is 0 Å². The number of rotatable bonds is 8. The summed E-state index contributed by atoms with van der Waals surface area (Å²) in [5, 5.41) is 16.5. The van der Waals surface area contributed by atoms with Crippen LogP contribution >= 0.6 is 11.6 Å². The molecule has 5 N–H and O–H groups in total. The smallest absolute Gasteiger partial charge is 0.426 e. The van der Waals surface area contributed by atoms with Crippen LogP contribution in [0.1, 0.15) is 53.0 Å². The molecule has 1 aliphatic heterocycles. The minimum absolute atomic E-state index is 0.0559. The molecule has 208 valence electrons. The zero-order valence-corrected chi connectivity index (χ0v) is 23.0. The average molecular weight is 563 g/mol. The molecule has 0 aromatic heterocycles. The minimum atomic E-state index is -4.98. The van der Waals surface area contributed by atoms with Crippen molar-refractivity contribution in [1.29, 1.82) is 0 Å². The van der Waals surface area contributed by atoms with Crippen LogP contribution in [0.2, 0.25) is 5.02 Å². The Kier molecular flexibility index (Phi) is 9.80. The molecule has 14 heteroatoms. The van der Waals surface area contributed by atoms with Gasteiger partial charge in [-0.1, -0.05) is 37.6 Å². The van der Waals surface area contributed by atoms with Gasteiger partial charge in [0.1, 0.15) is 6.61 Å². The molecule has 2 rings (SSSR count). The Morgan fingerprint density at radius 3 is 2.43 bits per heavy atom. The first-order valence-electron chi connectivity index (χ1n) is 11.6. The summed E-state index contributed by atoms with van der Waals surface area (Å²) in [6.07, 6.45) is -0.851. The van der Waals surface area contributed by atoms with Crippen LogP contribution in [-0.4, -0.2) is 71.3 Å². The van der Waals surface area contributed by atoms with Crippen molar-refractivity contribution in [3.8, 4) is 0 Å². The van der Waals surface area contributed by atoms with Gasteiger partial charge in [-0.3, -0.25) is 9.35 Å². The maximum atomic E-state index is 13.1. The van der Waals surface area contributed by atoms with Crippen molar-refractivity contribution in [3.63, 3.8) is 0 Å². The standard InChI is InChI=1S/C23H35ClN4O8S/c1-22(2,3)28(27-21(32)36-13-23(4,5)15-7-6-8-16(24)12-15)20(31)26-17(19(30)37(33,34)35)11-14-9-10-25-18(14)29/h6-8,12,14,17,19,30H,9-11,13H2,1-5H3,(H,25,29)(H,26,31)(H,27,32)(H,33,34,35)/t14-,17-,19?/m0/s1. The van der Waals surface area contributed by atoms with Gasteiger partial charge >= 0.3 is 12.1 Å². The number of benzene rings is 1. The van der Waals surface area contributed by atoms with Crippen LogP contribution < -0.4 is 16.1 Å². The van der Waals surface area contributed by atoms with E-state index in [0.29, 0.717) is 18.0 Å². The van der Waals surface area contributed by atoms with E-state index in [1.54, 1.807) is 39.0 Å². The van der Waals surface area contributed by atoms with Gasteiger partial charge in [0.25, 0.3) is 10.1 Å². The number of halogens is 1. The van der Waals surface area contributed by atoms with E-state index in [4.69, 9.17) is 16.3 Å². The third-order valence-electron chi connectivity index (χ3n) is 5.91. The molecule has 0 spiro atoms. The molecule has 37 heavy (non-hydrogen) atoms. The second kappa shape index (κ2) is 11.8. The van der Waals surface area contributed by atoms with E-state index in [1.165, 1.54) is 0 Å². The molecule has 1 aromatic carbocycles. The number of hydrogen-bond donors (Lipinski definition) is 5. The first kappa shape index (κ1) is 30.6. The van der Waals surface area contributed by atoms with Crippen LogP contribution in [0.4, 0.5) is 9.59 Å². The highest BCUT2D eigenvalue weighted by Crippen LogP contribution is 2.26. The lowest BCUT2D eigenvalue weighted by Gasteiger charge is -2.37. The maximum Gasteiger partial charge on any atom is 0.426 e. The molecular weight excluding hydrogens is 528 g/mol. The monoisotopic (exact) mass is 562 g/mol. The molecule has 1 aliphatic rings. The van der Waals surface area contributed by atoms with E-state index in [1.807, 2.05) is 19.9 Å². The third-order valence-corrected chi connectivity index (χ3v) is 7.08. The SMILES string of the molecule is CC(C)(COC(=O)NN(C(=O)N[C@@H](C[C@@H]1CCNC1=O)C(O)S(=O)(=O)O)C(C)(C)C)c1cccc(Cl)c1. The Labute approximate surface area is 221 Å². The summed E-state index contributed by atoms with van der Waals surface area (Å²) in [4.78, 5) is 37.7. The number of amides is 4. The molecule has 3 atom stereocenters. The number of carbonyl (C=O) groups is 3. The van der Waals surface area contributed by atoms with Gasteiger partial charge in [0.05, 0.1) is 11.6 Å². The summed E-state index contributed by atoms with van der Waals surface area (Å²) in [6.45, 7) is 8.80. The summed E-state index contributed by atoms with van der Waals surface area (Å²) < 4.78 is 37.9.